The Morgan fingerprint density at radius 2 is 2.09 bits per heavy atom. The fourth-order valence-electron chi connectivity index (χ4n) is 2.80. The summed E-state index contributed by atoms with van der Waals surface area (Å²) in [6.45, 7) is 6.72. The summed E-state index contributed by atoms with van der Waals surface area (Å²) >= 11 is 0. The first-order valence-electron chi connectivity index (χ1n) is 7.71. The maximum atomic E-state index is 12.2. The maximum Gasteiger partial charge on any atom is 0.226 e. The van der Waals surface area contributed by atoms with E-state index in [1.165, 1.54) is 6.20 Å². The third-order valence-corrected chi connectivity index (χ3v) is 3.69. The van der Waals surface area contributed by atoms with E-state index in [0.717, 1.165) is 15.6 Å². The molecule has 1 N–H and O–H groups in total. The van der Waals surface area contributed by atoms with E-state index in [0.29, 0.717) is 36.6 Å². The number of hydrogen-bond donors (Lipinski definition) is 1. The van der Waals surface area contributed by atoms with Crippen molar-refractivity contribution >= 4 is 21.9 Å². The second-order valence-electron chi connectivity index (χ2n) is 6.27. The number of imidazole rings is 1. The predicted molar refractivity (Wildman–Crippen MR) is 87.8 cm³/mol. The number of pyridine rings is 1. The first kappa shape index (κ1) is 15.7. The summed E-state index contributed by atoms with van der Waals surface area (Å²) < 4.78 is 8.29. The van der Waals surface area contributed by atoms with Gasteiger partial charge in [-0.15, -0.1) is 0 Å². The number of nitrogens with zero attached hydrogens (tertiary/aromatic N) is 3. The lowest BCUT2D eigenvalue weighted by atomic mass is 10.1. The molecule has 2 heterocycles. The largest absolute Gasteiger partial charge is 0.618 e. The van der Waals surface area contributed by atoms with Gasteiger partial charge in [-0.25, -0.2) is 4.98 Å². The third-order valence-electron chi connectivity index (χ3n) is 3.69. The van der Waals surface area contributed by atoms with Crippen LogP contribution in [-0.4, -0.2) is 26.9 Å². The zero-order chi connectivity index (χ0) is 16.6. The molecule has 0 bridgehead atoms. The molecule has 0 radical (unpaired) electrons. The third kappa shape index (κ3) is 3.00. The fourth-order valence-corrected chi connectivity index (χ4v) is 2.80. The Hall–Kier alpha value is -2.18. The Kier molecular flexibility index (Phi) is 3.95. The van der Waals surface area contributed by atoms with E-state index >= 15 is 0 Å². The molecule has 0 spiro atoms. The van der Waals surface area contributed by atoms with E-state index in [2.05, 4.69) is 4.98 Å². The molecule has 6 nitrogen and oxygen atoms in total. The lowest BCUT2D eigenvalue weighted by Crippen LogP contribution is -2.28. The van der Waals surface area contributed by atoms with Gasteiger partial charge in [0.1, 0.15) is 12.4 Å². The minimum atomic E-state index is -0.904. The molecule has 6 heteroatoms. The summed E-state index contributed by atoms with van der Waals surface area (Å²) in [5.41, 5.74) is 1.14. The van der Waals surface area contributed by atoms with Gasteiger partial charge in [-0.3, -0.25) is 0 Å². The molecule has 3 aromatic rings. The van der Waals surface area contributed by atoms with Crippen LogP contribution in [0.4, 0.5) is 0 Å². The predicted octanol–water partition coefficient (Wildman–Crippen LogP) is 2.13. The maximum absolute atomic E-state index is 12.2. The van der Waals surface area contributed by atoms with Gasteiger partial charge in [-0.05, 0) is 26.8 Å². The molecular formula is C17H21N3O3. The van der Waals surface area contributed by atoms with Crippen molar-refractivity contribution in [2.45, 2.75) is 39.5 Å². The van der Waals surface area contributed by atoms with Gasteiger partial charge in [0.25, 0.3) is 0 Å². The highest BCUT2D eigenvalue weighted by atomic mass is 16.5. The van der Waals surface area contributed by atoms with Crippen molar-refractivity contribution < 1.29 is 14.6 Å². The van der Waals surface area contributed by atoms with Crippen LogP contribution < -0.4 is 4.73 Å². The molecule has 0 aliphatic heterocycles. The molecule has 0 saturated heterocycles. The zero-order valence-corrected chi connectivity index (χ0v) is 13.6. The fraction of sp³-hybridized carbons (Fsp3) is 0.412. The van der Waals surface area contributed by atoms with Crippen molar-refractivity contribution in [3.63, 3.8) is 0 Å². The molecule has 1 aromatic carbocycles. The van der Waals surface area contributed by atoms with Crippen LogP contribution in [0.2, 0.25) is 0 Å². The van der Waals surface area contributed by atoms with Gasteiger partial charge in [0, 0.05) is 12.7 Å². The zero-order valence-electron chi connectivity index (χ0n) is 13.6. The van der Waals surface area contributed by atoms with E-state index in [4.69, 9.17) is 4.74 Å². The highest BCUT2D eigenvalue weighted by Crippen LogP contribution is 2.25. The van der Waals surface area contributed by atoms with Crippen LogP contribution in [0, 0.1) is 5.21 Å². The average molecular weight is 315 g/mol. The first-order chi connectivity index (χ1) is 10.9. The van der Waals surface area contributed by atoms with Crippen LogP contribution in [0.1, 0.15) is 26.6 Å². The van der Waals surface area contributed by atoms with Gasteiger partial charge < -0.3 is 19.6 Å². The normalized spacial score (nSPS) is 12.3. The Bertz CT molecular complexity index is 850. The van der Waals surface area contributed by atoms with E-state index < -0.39 is 5.60 Å². The van der Waals surface area contributed by atoms with Crippen molar-refractivity contribution in [2.24, 2.45) is 0 Å². The molecule has 0 aliphatic rings. The summed E-state index contributed by atoms with van der Waals surface area (Å²) in [5.74, 6) is 0.709. The van der Waals surface area contributed by atoms with Gasteiger partial charge in [0.2, 0.25) is 11.7 Å². The molecule has 3 rings (SSSR count). The lowest BCUT2D eigenvalue weighted by molar-refractivity contribution is -0.575. The van der Waals surface area contributed by atoms with Gasteiger partial charge in [-0.1, -0.05) is 12.1 Å². The van der Waals surface area contributed by atoms with Crippen LogP contribution in [-0.2, 0) is 17.9 Å². The summed E-state index contributed by atoms with van der Waals surface area (Å²) in [7, 11) is 0. The Balaban J connectivity index is 2.31. The Labute approximate surface area is 134 Å². The van der Waals surface area contributed by atoms with Crippen LogP contribution in [0.25, 0.3) is 21.9 Å². The molecule has 0 atom stereocenters. The topological polar surface area (TPSA) is 74.2 Å². The van der Waals surface area contributed by atoms with Crippen molar-refractivity contribution in [1.29, 1.82) is 0 Å². The van der Waals surface area contributed by atoms with Crippen LogP contribution in [0.5, 0.6) is 0 Å². The van der Waals surface area contributed by atoms with Gasteiger partial charge in [0.05, 0.1) is 23.0 Å². The second kappa shape index (κ2) is 5.79. The second-order valence-corrected chi connectivity index (χ2v) is 6.27. The van der Waals surface area contributed by atoms with E-state index in [1.807, 2.05) is 29.7 Å². The summed E-state index contributed by atoms with van der Waals surface area (Å²) in [4.78, 5) is 4.55. The molecule has 0 saturated carbocycles. The molecule has 0 aliphatic carbocycles. The average Bonchev–Trinajstić information content (AvgIpc) is 2.81. The van der Waals surface area contributed by atoms with E-state index in [-0.39, 0.29) is 0 Å². The van der Waals surface area contributed by atoms with Gasteiger partial charge in [0.15, 0.2) is 5.52 Å². The highest BCUT2D eigenvalue weighted by Gasteiger charge is 2.22. The van der Waals surface area contributed by atoms with Gasteiger partial charge in [-0.2, -0.15) is 4.73 Å². The summed E-state index contributed by atoms with van der Waals surface area (Å²) in [5, 5.41) is 23.3. The van der Waals surface area contributed by atoms with Crippen LogP contribution in [0.3, 0.4) is 0 Å². The van der Waals surface area contributed by atoms with Crippen LogP contribution in [0.15, 0.2) is 30.5 Å². The van der Waals surface area contributed by atoms with Crippen molar-refractivity contribution in [2.75, 3.05) is 6.61 Å². The molecule has 0 amide bonds. The highest BCUT2D eigenvalue weighted by molar-refractivity contribution is 6.00. The SMILES string of the molecule is CCOCc1nc2c[n+]([O-])c3ccccc3c2n1CC(C)(C)O. The standard InChI is InChI=1S/C17H21N3O3/c1-4-23-10-15-18-13-9-20(22)14-8-6-5-7-12(14)16(13)19(15)11-17(2,3)21/h5-9,21H,4,10-11H2,1-3H3. The number of ether oxygens (including phenoxy) is 1. The molecule has 0 unspecified atom stereocenters. The van der Waals surface area contributed by atoms with Crippen LogP contribution >= 0.6 is 0 Å². The molecule has 23 heavy (non-hydrogen) atoms. The van der Waals surface area contributed by atoms with Crippen molar-refractivity contribution in [3.8, 4) is 0 Å². The monoisotopic (exact) mass is 315 g/mol. The van der Waals surface area contributed by atoms with Crippen molar-refractivity contribution in [1.82, 2.24) is 9.55 Å². The first-order valence-corrected chi connectivity index (χ1v) is 7.71. The van der Waals surface area contributed by atoms with Gasteiger partial charge >= 0.3 is 0 Å². The summed E-state index contributed by atoms with van der Waals surface area (Å²) in [6.07, 6.45) is 1.48. The van der Waals surface area contributed by atoms with E-state index in [1.54, 1.807) is 19.9 Å². The molecule has 0 fully saturated rings. The quantitative estimate of drug-likeness (QED) is 0.578. The molecular weight excluding hydrogens is 294 g/mol. The number of benzene rings is 1. The number of para-hydroxylation sites is 1. The lowest BCUT2D eigenvalue weighted by Gasteiger charge is -2.20. The minimum Gasteiger partial charge on any atom is -0.618 e. The smallest absolute Gasteiger partial charge is 0.226 e. The number of rotatable bonds is 5. The summed E-state index contributed by atoms with van der Waals surface area (Å²) in [6, 6.07) is 7.41. The number of aromatic nitrogens is 3. The van der Waals surface area contributed by atoms with Crippen molar-refractivity contribution in [3.05, 3.63) is 41.5 Å². The number of fused-ring (bicyclic) bond motifs is 3. The minimum absolute atomic E-state index is 0.342. The number of hydrogen-bond acceptors (Lipinski definition) is 4. The Morgan fingerprint density at radius 1 is 1.35 bits per heavy atom. The van der Waals surface area contributed by atoms with E-state index in [9.17, 15) is 10.3 Å². The molecule has 2 aromatic heterocycles. The molecule has 122 valence electrons. The number of aliphatic hydroxyl groups is 1. The Morgan fingerprint density at radius 3 is 2.78 bits per heavy atom.